The summed E-state index contributed by atoms with van der Waals surface area (Å²) in [5.41, 5.74) is 3.84. The van der Waals surface area contributed by atoms with Gasteiger partial charge in [0.2, 0.25) is 0 Å². The van der Waals surface area contributed by atoms with Crippen LogP contribution in [0.2, 0.25) is 0 Å². The van der Waals surface area contributed by atoms with E-state index >= 15 is 0 Å². The van der Waals surface area contributed by atoms with E-state index in [1.54, 1.807) is 6.07 Å². The second-order valence-electron chi connectivity index (χ2n) is 10.9. The van der Waals surface area contributed by atoms with E-state index < -0.39 is 15.7 Å². The maximum Gasteiger partial charge on any atom is 0.251 e. The molecule has 1 amide bonds. The molecule has 1 aliphatic heterocycles. The zero-order chi connectivity index (χ0) is 28.0. The number of nitrogens with zero attached hydrogens (tertiary/aromatic N) is 1. The molecule has 0 spiro atoms. The van der Waals surface area contributed by atoms with Crippen molar-refractivity contribution >= 4 is 15.7 Å². The number of carbonyl (C=O) groups excluding carboxylic acids is 1. The molecule has 0 saturated heterocycles. The summed E-state index contributed by atoms with van der Waals surface area (Å²) in [5.74, 6) is 0.503. The first kappa shape index (κ1) is 28.3. The largest absolute Gasteiger partial charge is 0.493 e. The van der Waals surface area contributed by atoms with Crippen LogP contribution in [0.5, 0.6) is 5.75 Å². The monoisotopic (exact) mass is 564 g/mol. The summed E-state index contributed by atoms with van der Waals surface area (Å²) in [4.78, 5) is 15.6. The minimum atomic E-state index is -3.64. The number of ether oxygens (including phenoxy) is 1. The van der Waals surface area contributed by atoms with Crippen LogP contribution in [0.1, 0.15) is 59.2 Å². The lowest BCUT2D eigenvalue weighted by Crippen LogP contribution is -2.29. The fraction of sp³-hybridized carbons (Fsp3) is 0.406. The number of nitrogens with one attached hydrogen (secondary N) is 1. The van der Waals surface area contributed by atoms with Gasteiger partial charge in [-0.15, -0.1) is 0 Å². The molecule has 1 fully saturated rings. The lowest BCUT2D eigenvalue weighted by atomic mass is 9.99. The maximum atomic E-state index is 13.2. The molecule has 1 N–H and O–H groups in total. The van der Waals surface area contributed by atoms with Gasteiger partial charge in [0.15, 0.2) is 9.84 Å². The van der Waals surface area contributed by atoms with Gasteiger partial charge in [-0.1, -0.05) is 24.3 Å². The highest BCUT2D eigenvalue weighted by molar-refractivity contribution is 7.91. The summed E-state index contributed by atoms with van der Waals surface area (Å²) in [6.45, 7) is 3.82. The van der Waals surface area contributed by atoms with E-state index in [-0.39, 0.29) is 23.1 Å². The zero-order valence-electron chi connectivity index (χ0n) is 22.8. The van der Waals surface area contributed by atoms with Crippen molar-refractivity contribution < 1.29 is 22.3 Å². The summed E-state index contributed by atoms with van der Waals surface area (Å²) < 4.78 is 44.4. The molecule has 40 heavy (non-hydrogen) atoms. The molecule has 2 bridgehead atoms. The third-order valence-corrected chi connectivity index (χ3v) is 9.27. The molecule has 3 aromatic rings. The van der Waals surface area contributed by atoms with Crippen LogP contribution in [0, 0.1) is 11.7 Å². The summed E-state index contributed by atoms with van der Waals surface area (Å²) in [6, 6.07) is 18.8. The van der Waals surface area contributed by atoms with Crippen molar-refractivity contribution in [2.45, 2.75) is 50.0 Å². The minimum Gasteiger partial charge on any atom is -0.493 e. The Morgan fingerprint density at radius 2 is 1.77 bits per heavy atom. The molecule has 1 heterocycles. The van der Waals surface area contributed by atoms with E-state index in [0.717, 1.165) is 67.3 Å². The number of hydrogen-bond acceptors (Lipinski definition) is 5. The molecule has 1 saturated carbocycles. The SMILES string of the molecule is O=C(NCCS(=O)(=O)c1ccc(F)cc1)c1ccc2c(c1)Cc1cccc(c1)CN(CC1CC1)CCCCCO2. The van der Waals surface area contributed by atoms with E-state index in [4.69, 9.17) is 4.74 Å². The van der Waals surface area contributed by atoms with Crippen molar-refractivity contribution in [2.24, 2.45) is 5.92 Å². The van der Waals surface area contributed by atoms with Crippen LogP contribution in [0.4, 0.5) is 4.39 Å². The van der Waals surface area contributed by atoms with Crippen molar-refractivity contribution in [1.29, 1.82) is 0 Å². The lowest BCUT2D eigenvalue weighted by molar-refractivity contribution is 0.0956. The van der Waals surface area contributed by atoms with Gasteiger partial charge < -0.3 is 10.1 Å². The number of amides is 1. The van der Waals surface area contributed by atoms with Crippen molar-refractivity contribution in [2.75, 3.05) is 32.0 Å². The standard InChI is InChI=1S/C32H37FN2O4S/c33-29-10-12-30(13-11-29)40(37,38)18-15-34-32(36)27-9-14-31-28(21-27)20-25-5-4-6-26(19-25)23-35(22-24-7-8-24)16-2-1-3-17-39-31/h4-6,9-14,19,21,24H,1-3,7-8,15-18,20,22-23H2,(H,34,36). The number of carbonyl (C=O) groups is 1. The van der Waals surface area contributed by atoms with Gasteiger partial charge in [0.25, 0.3) is 5.91 Å². The average Bonchev–Trinajstić information content (AvgIpc) is 3.75. The lowest BCUT2D eigenvalue weighted by Gasteiger charge is -2.23. The predicted molar refractivity (Wildman–Crippen MR) is 154 cm³/mol. The van der Waals surface area contributed by atoms with Crippen molar-refractivity contribution in [1.82, 2.24) is 10.2 Å². The van der Waals surface area contributed by atoms with Crippen LogP contribution in [0.3, 0.4) is 0 Å². The Hall–Kier alpha value is -3.23. The van der Waals surface area contributed by atoms with Crippen molar-refractivity contribution in [3.05, 3.63) is 94.8 Å². The van der Waals surface area contributed by atoms with Crippen LogP contribution < -0.4 is 10.1 Å². The summed E-state index contributed by atoms with van der Waals surface area (Å²) >= 11 is 0. The Balaban J connectivity index is 1.28. The zero-order valence-corrected chi connectivity index (χ0v) is 23.6. The summed E-state index contributed by atoms with van der Waals surface area (Å²) in [6.07, 6.45) is 6.57. The van der Waals surface area contributed by atoms with Crippen LogP contribution in [-0.2, 0) is 22.8 Å². The molecular weight excluding hydrogens is 527 g/mol. The number of fused-ring (bicyclic) bond motifs is 3. The number of sulfone groups is 1. The molecule has 5 rings (SSSR count). The highest BCUT2D eigenvalue weighted by Gasteiger charge is 2.24. The van der Waals surface area contributed by atoms with Gasteiger partial charge in [-0.2, -0.15) is 0 Å². The van der Waals surface area contributed by atoms with Gasteiger partial charge in [0.1, 0.15) is 11.6 Å². The number of halogens is 1. The van der Waals surface area contributed by atoms with E-state index in [1.807, 2.05) is 12.1 Å². The summed E-state index contributed by atoms with van der Waals surface area (Å²) in [7, 11) is -3.64. The minimum absolute atomic E-state index is 0.0319. The van der Waals surface area contributed by atoms with Gasteiger partial charge in [-0.05, 0) is 104 Å². The van der Waals surface area contributed by atoms with Gasteiger partial charge in [0.05, 0.1) is 17.3 Å². The third kappa shape index (κ3) is 7.92. The molecule has 0 atom stereocenters. The number of rotatable bonds is 7. The maximum absolute atomic E-state index is 13.2. The van der Waals surface area contributed by atoms with E-state index in [0.29, 0.717) is 18.6 Å². The Bertz CT molecular complexity index is 1420. The van der Waals surface area contributed by atoms with Crippen molar-refractivity contribution in [3.63, 3.8) is 0 Å². The fourth-order valence-electron chi connectivity index (χ4n) is 5.17. The Morgan fingerprint density at radius 1 is 0.975 bits per heavy atom. The molecule has 0 aromatic heterocycles. The molecular formula is C32H37FN2O4S. The first-order valence-electron chi connectivity index (χ1n) is 14.2. The number of hydrogen-bond donors (Lipinski definition) is 1. The van der Waals surface area contributed by atoms with Crippen LogP contribution in [0.15, 0.2) is 71.6 Å². The second-order valence-corrected chi connectivity index (χ2v) is 13.0. The van der Waals surface area contributed by atoms with E-state index in [2.05, 4.69) is 34.5 Å². The van der Waals surface area contributed by atoms with Gasteiger partial charge in [-0.25, -0.2) is 12.8 Å². The van der Waals surface area contributed by atoms with Gasteiger partial charge in [-0.3, -0.25) is 9.69 Å². The van der Waals surface area contributed by atoms with Crippen LogP contribution in [-0.4, -0.2) is 51.2 Å². The third-order valence-electron chi connectivity index (χ3n) is 7.53. The molecule has 6 nitrogen and oxygen atoms in total. The molecule has 2 aliphatic rings. The normalized spacial score (nSPS) is 16.8. The summed E-state index contributed by atoms with van der Waals surface area (Å²) in [5, 5.41) is 2.72. The fourth-order valence-corrected chi connectivity index (χ4v) is 6.33. The smallest absolute Gasteiger partial charge is 0.251 e. The first-order valence-corrected chi connectivity index (χ1v) is 15.8. The molecule has 0 radical (unpaired) electrons. The van der Waals surface area contributed by atoms with Crippen LogP contribution >= 0.6 is 0 Å². The number of benzene rings is 3. The van der Waals surface area contributed by atoms with Crippen molar-refractivity contribution in [3.8, 4) is 5.75 Å². The first-order chi connectivity index (χ1) is 19.4. The molecule has 212 valence electrons. The quantitative estimate of drug-likeness (QED) is 0.389. The van der Waals surface area contributed by atoms with Gasteiger partial charge in [0, 0.05) is 31.6 Å². The predicted octanol–water partition coefficient (Wildman–Crippen LogP) is 5.39. The topological polar surface area (TPSA) is 75.7 Å². The molecule has 8 heteroatoms. The Kier molecular flexibility index (Phi) is 9.17. The second kappa shape index (κ2) is 13.0. The highest BCUT2D eigenvalue weighted by atomic mass is 32.2. The molecule has 3 aromatic carbocycles. The van der Waals surface area contributed by atoms with Crippen LogP contribution in [0.25, 0.3) is 0 Å². The average molecular weight is 565 g/mol. The molecule has 0 unspecified atom stereocenters. The Labute approximate surface area is 236 Å². The van der Waals surface area contributed by atoms with E-state index in [9.17, 15) is 17.6 Å². The Morgan fingerprint density at radius 3 is 2.58 bits per heavy atom. The highest BCUT2D eigenvalue weighted by Crippen LogP contribution is 2.31. The van der Waals surface area contributed by atoms with E-state index in [1.165, 1.54) is 37.1 Å². The molecule has 1 aliphatic carbocycles. The van der Waals surface area contributed by atoms with Gasteiger partial charge >= 0.3 is 0 Å².